The molecule has 3 heterocycles. The van der Waals surface area contributed by atoms with Crippen LogP contribution < -0.4 is 15.5 Å². The molecule has 0 radical (unpaired) electrons. The highest BCUT2D eigenvalue weighted by atomic mass is 79.9. The number of nitrogens with zero attached hydrogens (tertiary/aromatic N) is 2. The molecule has 1 aliphatic heterocycles. The summed E-state index contributed by atoms with van der Waals surface area (Å²) in [6.45, 7) is 1.46. The zero-order chi connectivity index (χ0) is 24.5. The van der Waals surface area contributed by atoms with Crippen LogP contribution in [0.1, 0.15) is 30.5 Å². The highest BCUT2D eigenvalue weighted by Crippen LogP contribution is 2.43. The fraction of sp³-hybridized carbons (Fsp3) is 0.115. The Morgan fingerprint density at radius 3 is 2.63 bits per heavy atom. The molecule has 0 aliphatic carbocycles. The maximum absolute atomic E-state index is 14.6. The van der Waals surface area contributed by atoms with Crippen molar-refractivity contribution in [2.75, 3.05) is 10.2 Å². The van der Waals surface area contributed by atoms with Crippen LogP contribution in [0.15, 0.2) is 87.9 Å². The minimum atomic E-state index is -0.382. The molecular formula is C26H20BrFN4O2S. The maximum Gasteiger partial charge on any atom is 0.221 e. The van der Waals surface area contributed by atoms with Gasteiger partial charge in [-0.1, -0.05) is 22.0 Å². The number of rotatable bonds is 5. The standard InChI is InChI=1S/C26H20BrFN4O2S/c1-15(33)30-17-6-8-18(9-7-17)32-25(24(31-26(32)35)21-4-2-3-13-29-21)23-12-11-22(34-23)19-10-5-16(27)14-20(19)28/h2-14,24-25H,1H3,(H,30,33)(H,31,35)/t24-,25+/m1/s1. The monoisotopic (exact) mass is 550 g/mol. The SMILES string of the molecule is CC(=O)Nc1ccc(N2C(=S)N[C@H](c3ccccn3)[C@@H]2c2ccc(-c3ccc(Br)cc3F)o2)cc1. The molecule has 9 heteroatoms. The van der Waals surface area contributed by atoms with E-state index in [0.717, 1.165) is 11.4 Å². The van der Waals surface area contributed by atoms with Crippen LogP contribution in [0.2, 0.25) is 0 Å². The number of furan rings is 1. The summed E-state index contributed by atoms with van der Waals surface area (Å²) >= 11 is 9.02. The van der Waals surface area contributed by atoms with Gasteiger partial charge in [-0.25, -0.2) is 4.39 Å². The van der Waals surface area contributed by atoms with Crippen molar-refractivity contribution in [3.63, 3.8) is 0 Å². The van der Waals surface area contributed by atoms with E-state index in [1.54, 1.807) is 24.4 Å². The van der Waals surface area contributed by atoms with Crippen molar-refractivity contribution >= 4 is 50.5 Å². The number of nitrogens with one attached hydrogen (secondary N) is 2. The van der Waals surface area contributed by atoms with E-state index in [4.69, 9.17) is 16.6 Å². The number of carbonyl (C=O) groups excluding carboxylic acids is 1. The topological polar surface area (TPSA) is 70.4 Å². The first-order valence-corrected chi connectivity index (χ1v) is 12.0. The van der Waals surface area contributed by atoms with E-state index in [-0.39, 0.29) is 23.8 Å². The van der Waals surface area contributed by atoms with E-state index >= 15 is 0 Å². The van der Waals surface area contributed by atoms with Crippen molar-refractivity contribution in [3.8, 4) is 11.3 Å². The van der Waals surface area contributed by atoms with E-state index < -0.39 is 0 Å². The second-order valence-electron chi connectivity index (χ2n) is 8.05. The summed E-state index contributed by atoms with van der Waals surface area (Å²) < 4.78 is 21.5. The van der Waals surface area contributed by atoms with E-state index in [1.165, 1.54) is 13.0 Å². The molecule has 5 rings (SSSR count). The van der Waals surface area contributed by atoms with Gasteiger partial charge in [0.15, 0.2) is 5.11 Å². The third-order valence-electron chi connectivity index (χ3n) is 5.68. The molecule has 6 nitrogen and oxygen atoms in total. The van der Waals surface area contributed by atoms with E-state index in [0.29, 0.717) is 32.4 Å². The van der Waals surface area contributed by atoms with Gasteiger partial charge >= 0.3 is 0 Å². The largest absolute Gasteiger partial charge is 0.459 e. The third-order valence-corrected chi connectivity index (χ3v) is 6.49. The number of halogens is 2. The van der Waals surface area contributed by atoms with Crippen LogP contribution in [0.5, 0.6) is 0 Å². The lowest BCUT2D eigenvalue weighted by Gasteiger charge is -2.26. The third kappa shape index (κ3) is 4.69. The second kappa shape index (κ2) is 9.59. The average molecular weight is 551 g/mol. The highest BCUT2D eigenvalue weighted by molar-refractivity contribution is 9.10. The lowest BCUT2D eigenvalue weighted by molar-refractivity contribution is -0.114. The summed E-state index contributed by atoms with van der Waals surface area (Å²) in [5.41, 5.74) is 2.66. The molecular weight excluding hydrogens is 531 g/mol. The van der Waals surface area contributed by atoms with Crippen molar-refractivity contribution in [1.29, 1.82) is 0 Å². The molecule has 1 fully saturated rings. The molecule has 0 unspecified atom stereocenters. The summed E-state index contributed by atoms with van der Waals surface area (Å²) in [6, 6.07) is 20.9. The summed E-state index contributed by atoms with van der Waals surface area (Å²) in [7, 11) is 0. The molecule has 35 heavy (non-hydrogen) atoms. The Bertz CT molecular complexity index is 1390. The fourth-order valence-electron chi connectivity index (χ4n) is 4.18. The number of amides is 1. The smallest absolute Gasteiger partial charge is 0.221 e. The maximum atomic E-state index is 14.6. The molecule has 0 bridgehead atoms. The van der Waals surface area contributed by atoms with Crippen LogP contribution >= 0.6 is 28.1 Å². The Labute approximate surface area is 215 Å². The number of anilines is 2. The number of pyridine rings is 1. The van der Waals surface area contributed by atoms with Crippen LogP contribution in [-0.4, -0.2) is 16.0 Å². The Kier molecular flexibility index (Phi) is 6.36. The zero-order valence-electron chi connectivity index (χ0n) is 18.5. The van der Waals surface area contributed by atoms with Gasteiger partial charge in [-0.15, -0.1) is 0 Å². The molecule has 0 saturated carbocycles. The Hall–Kier alpha value is -3.56. The van der Waals surface area contributed by atoms with E-state index in [1.807, 2.05) is 53.4 Å². The van der Waals surface area contributed by atoms with Gasteiger partial charge in [0.1, 0.15) is 23.4 Å². The van der Waals surface area contributed by atoms with Crippen molar-refractivity contribution < 1.29 is 13.6 Å². The Morgan fingerprint density at radius 1 is 1.14 bits per heavy atom. The Morgan fingerprint density at radius 2 is 1.94 bits per heavy atom. The summed E-state index contributed by atoms with van der Waals surface area (Å²) in [5, 5.41) is 6.64. The average Bonchev–Trinajstić information content (AvgIpc) is 3.44. The van der Waals surface area contributed by atoms with Crippen LogP contribution in [0.3, 0.4) is 0 Å². The van der Waals surface area contributed by atoms with Gasteiger partial charge in [-0.05, 0) is 78.9 Å². The van der Waals surface area contributed by atoms with Gasteiger partial charge in [-0.2, -0.15) is 0 Å². The molecule has 2 atom stereocenters. The molecule has 1 amide bonds. The van der Waals surface area contributed by atoms with E-state index in [9.17, 15) is 9.18 Å². The zero-order valence-corrected chi connectivity index (χ0v) is 20.9. The number of hydrogen-bond donors (Lipinski definition) is 2. The Balaban J connectivity index is 1.56. The van der Waals surface area contributed by atoms with E-state index in [2.05, 4.69) is 31.5 Å². The molecule has 2 aromatic carbocycles. The highest BCUT2D eigenvalue weighted by Gasteiger charge is 2.42. The predicted octanol–water partition coefficient (Wildman–Crippen LogP) is 6.38. The minimum Gasteiger partial charge on any atom is -0.459 e. The van der Waals surface area contributed by atoms with Crippen LogP contribution in [0.25, 0.3) is 11.3 Å². The van der Waals surface area contributed by atoms with Crippen molar-refractivity contribution in [1.82, 2.24) is 10.3 Å². The van der Waals surface area contributed by atoms with Crippen molar-refractivity contribution in [3.05, 3.63) is 101 Å². The first-order chi connectivity index (χ1) is 16.9. The lowest BCUT2D eigenvalue weighted by atomic mass is 10.0. The van der Waals surface area contributed by atoms with Crippen LogP contribution in [0.4, 0.5) is 15.8 Å². The summed E-state index contributed by atoms with van der Waals surface area (Å²) in [5.74, 6) is 0.499. The molecule has 176 valence electrons. The number of carbonyl (C=O) groups is 1. The van der Waals surface area contributed by atoms with Crippen molar-refractivity contribution in [2.45, 2.75) is 19.0 Å². The predicted molar refractivity (Wildman–Crippen MR) is 140 cm³/mol. The van der Waals surface area contributed by atoms with Gasteiger partial charge < -0.3 is 20.0 Å². The normalized spacial score (nSPS) is 17.3. The molecule has 1 aliphatic rings. The number of aromatic nitrogens is 1. The first kappa shape index (κ1) is 23.2. The van der Waals surface area contributed by atoms with Crippen molar-refractivity contribution in [2.24, 2.45) is 0 Å². The number of benzene rings is 2. The van der Waals surface area contributed by atoms with Crippen LogP contribution in [-0.2, 0) is 4.79 Å². The van der Waals surface area contributed by atoms with Crippen LogP contribution in [0, 0.1) is 5.82 Å². The summed E-state index contributed by atoms with van der Waals surface area (Å²) in [4.78, 5) is 17.9. The molecule has 2 N–H and O–H groups in total. The van der Waals surface area contributed by atoms with Gasteiger partial charge in [0, 0.05) is 29.0 Å². The van der Waals surface area contributed by atoms with Gasteiger partial charge in [-0.3, -0.25) is 9.78 Å². The number of hydrogen-bond acceptors (Lipinski definition) is 4. The molecule has 2 aromatic heterocycles. The quantitative estimate of drug-likeness (QED) is 0.281. The second-order valence-corrected chi connectivity index (χ2v) is 9.35. The minimum absolute atomic E-state index is 0.146. The number of thiocarbonyl (C=S) groups is 1. The summed E-state index contributed by atoms with van der Waals surface area (Å²) in [6.07, 6.45) is 1.73. The molecule has 4 aromatic rings. The van der Waals surface area contributed by atoms with Gasteiger partial charge in [0.25, 0.3) is 0 Å². The fourth-order valence-corrected chi connectivity index (χ4v) is 4.86. The van der Waals surface area contributed by atoms with Gasteiger partial charge in [0.05, 0.1) is 17.3 Å². The lowest BCUT2D eigenvalue weighted by Crippen LogP contribution is -2.29. The van der Waals surface area contributed by atoms with Gasteiger partial charge in [0.2, 0.25) is 5.91 Å². The molecule has 1 saturated heterocycles. The first-order valence-electron chi connectivity index (χ1n) is 10.8. The molecule has 0 spiro atoms.